The fourth-order valence-corrected chi connectivity index (χ4v) is 1.76. The molecule has 3 N–H and O–H groups in total. The third-order valence-corrected chi connectivity index (χ3v) is 2.99. The van der Waals surface area contributed by atoms with Gasteiger partial charge in [0.05, 0.1) is 0 Å². The van der Waals surface area contributed by atoms with Gasteiger partial charge in [0.2, 0.25) is 5.91 Å². The van der Waals surface area contributed by atoms with Crippen molar-refractivity contribution in [1.29, 1.82) is 0 Å². The molecule has 1 aliphatic carbocycles. The molecule has 0 spiro atoms. The molecule has 0 aromatic rings. The number of oxime groups is 1. The minimum absolute atomic E-state index is 0.308. The monoisotopic (exact) mass is 267 g/mol. The highest BCUT2D eigenvalue weighted by Crippen LogP contribution is 2.48. The van der Waals surface area contributed by atoms with Gasteiger partial charge in [-0.25, -0.2) is 0 Å². The molecule has 1 rings (SSSR count). The summed E-state index contributed by atoms with van der Waals surface area (Å²) in [6.45, 7) is 1.65. The lowest BCUT2D eigenvalue weighted by Gasteiger charge is -2.31. The van der Waals surface area contributed by atoms with Gasteiger partial charge in [-0.3, -0.25) is 4.79 Å². The number of rotatable bonds is 4. The first kappa shape index (κ1) is 14.6. The van der Waals surface area contributed by atoms with Crippen LogP contribution in [-0.2, 0) is 4.79 Å². The van der Waals surface area contributed by atoms with Gasteiger partial charge in [-0.15, -0.1) is 0 Å². The summed E-state index contributed by atoms with van der Waals surface area (Å²) in [4.78, 5) is 12.8. The number of carbonyl (C=O) groups excluding carboxylic acids is 1. The molecule has 5 nitrogen and oxygen atoms in total. The summed E-state index contributed by atoms with van der Waals surface area (Å²) < 4.78 is 37.2. The third-order valence-electron chi connectivity index (χ3n) is 2.99. The molecule has 1 fully saturated rings. The Balaban J connectivity index is 2.92. The maximum absolute atomic E-state index is 12.4. The fraction of sp³-hybridized carbons (Fsp3) is 0.800. The third kappa shape index (κ3) is 2.85. The minimum Gasteiger partial charge on any atom is -0.409 e. The van der Waals surface area contributed by atoms with E-state index >= 15 is 0 Å². The Bertz CT molecular complexity index is 362. The predicted molar refractivity (Wildman–Crippen MR) is 58.0 cm³/mol. The Hall–Kier alpha value is -1.47. The lowest BCUT2D eigenvalue weighted by molar-refractivity contribution is -0.166. The van der Waals surface area contributed by atoms with Crippen molar-refractivity contribution < 1.29 is 23.2 Å². The normalized spacial score (nSPS) is 18.9. The van der Waals surface area contributed by atoms with E-state index in [4.69, 9.17) is 10.9 Å². The summed E-state index contributed by atoms with van der Waals surface area (Å²) in [7, 11) is 0. The molecule has 0 unspecified atom stereocenters. The maximum Gasteiger partial charge on any atom is 0.406 e. The number of halogens is 3. The number of carbonyl (C=O) groups is 1. The van der Waals surface area contributed by atoms with Crippen molar-refractivity contribution >= 4 is 11.7 Å². The minimum atomic E-state index is -4.47. The summed E-state index contributed by atoms with van der Waals surface area (Å²) in [5, 5.41) is 11.3. The Kier molecular flexibility index (Phi) is 3.78. The first-order valence-corrected chi connectivity index (χ1v) is 5.50. The van der Waals surface area contributed by atoms with Gasteiger partial charge in [-0.1, -0.05) is 5.16 Å². The van der Waals surface area contributed by atoms with Crippen LogP contribution in [0.5, 0.6) is 0 Å². The van der Waals surface area contributed by atoms with Gasteiger partial charge in [-0.05, 0) is 26.7 Å². The fourth-order valence-electron chi connectivity index (χ4n) is 1.76. The average molecular weight is 267 g/mol. The summed E-state index contributed by atoms with van der Waals surface area (Å²) in [5.41, 5.74) is 4.14. The van der Waals surface area contributed by atoms with Crippen molar-refractivity contribution in [3.05, 3.63) is 0 Å². The largest absolute Gasteiger partial charge is 0.409 e. The first-order chi connectivity index (χ1) is 8.14. The van der Waals surface area contributed by atoms with E-state index in [1.165, 1.54) is 13.8 Å². The number of hydrogen-bond acceptors (Lipinski definition) is 3. The van der Waals surface area contributed by atoms with Crippen molar-refractivity contribution in [3.63, 3.8) is 0 Å². The van der Waals surface area contributed by atoms with Gasteiger partial charge in [0.1, 0.15) is 12.0 Å². The SMILES string of the molecule is CC(C)N(CC(F)(F)F)C(=O)C1(C(N)=NO)CC1. The summed E-state index contributed by atoms with van der Waals surface area (Å²) in [6, 6.07) is -0.608. The second kappa shape index (κ2) is 4.66. The highest BCUT2D eigenvalue weighted by Gasteiger charge is 2.57. The molecule has 0 atom stereocenters. The van der Waals surface area contributed by atoms with E-state index in [0.29, 0.717) is 17.7 Å². The number of hydrogen-bond donors (Lipinski definition) is 2. The second-order valence-electron chi connectivity index (χ2n) is 4.71. The standard InChI is InChI=1S/C10H16F3N3O2/c1-6(2)16(5-10(11,12)13)8(17)9(3-4-9)7(14)15-18/h6,18H,3-5H2,1-2H3,(H2,14,15). The first-order valence-electron chi connectivity index (χ1n) is 5.50. The van der Waals surface area contributed by atoms with Crippen molar-refractivity contribution in [2.75, 3.05) is 6.54 Å². The average Bonchev–Trinajstić information content (AvgIpc) is 3.03. The van der Waals surface area contributed by atoms with Crippen molar-refractivity contribution in [2.45, 2.75) is 38.9 Å². The Morgan fingerprint density at radius 3 is 2.28 bits per heavy atom. The van der Waals surface area contributed by atoms with Crippen molar-refractivity contribution in [3.8, 4) is 0 Å². The van der Waals surface area contributed by atoms with E-state index in [2.05, 4.69) is 5.16 Å². The Morgan fingerprint density at radius 2 is 2.00 bits per heavy atom. The lowest BCUT2D eigenvalue weighted by Crippen LogP contribution is -2.50. The van der Waals surface area contributed by atoms with Gasteiger partial charge in [-0.2, -0.15) is 13.2 Å². The smallest absolute Gasteiger partial charge is 0.406 e. The molecule has 0 radical (unpaired) electrons. The van der Waals surface area contributed by atoms with E-state index in [1.54, 1.807) is 0 Å². The quantitative estimate of drug-likeness (QED) is 0.349. The van der Waals surface area contributed by atoms with Crippen LogP contribution < -0.4 is 5.73 Å². The molecule has 0 aromatic heterocycles. The summed E-state index contributed by atoms with van der Waals surface area (Å²) in [6.07, 6.45) is -3.85. The maximum atomic E-state index is 12.4. The molecule has 1 saturated carbocycles. The van der Waals surface area contributed by atoms with Crippen LogP contribution in [-0.4, -0.2) is 40.6 Å². The molecule has 0 bridgehead atoms. The molecule has 8 heteroatoms. The summed E-state index contributed by atoms with van der Waals surface area (Å²) >= 11 is 0. The Labute approximate surface area is 102 Å². The zero-order valence-electron chi connectivity index (χ0n) is 10.2. The van der Waals surface area contributed by atoms with E-state index in [1.807, 2.05) is 0 Å². The van der Waals surface area contributed by atoms with Crippen LogP contribution in [0.4, 0.5) is 13.2 Å². The number of nitrogens with two attached hydrogens (primary N) is 1. The van der Waals surface area contributed by atoms with Crippen LogP contribution >= 0.6 is 0 Å². The van der Waals surface area contributed by atoms with Crippen LogP contribution in [0.25, 0.3) is 0 Å². The number of amides is 1. The van der Waals surface area contributed by atoms with E-state index in [9.17, 15) is 18.0 Å². The molecule has 104 valence electrons. The molecular formula is C10H16F3N3O2. The highest BCUT2D eigenvalue weighted by atomic mass is 19.4. The zero-order chi connectivity index (χ0) is 14.1. The predicted octanol–water partition coefficient (Wildman–Crippen LogP) is 1.31. The number of nitrogens with zero attached hydrogens (tertiary/aromatic N) is 2. The van der Waals surface area contributed by atoms with Crippen molar-refractivity contribution in [2.24, 2.45) is 16.3 Å². The topological polar surface area (TPSA) is 78.9 Å². The van der Waals surface area contributed by atoms with Crippen LogP contribution in [0.1, 0.15) is 26.7 Å². The molecular weight excluding hydrogens is 251 g/mol. The van der Waals surface area contributed by atoms with Gasteiger partial charge in [0.25, 0.3) is 0 Å². The number of amidine groups is 1. The van der Waals surface area contributed by atoms with Crippen LogP contribution in [0, 0.1) is 5.41 Å². The molecule has 0 saturated heterocycles. The summed E-state index contributed by atoms with van der Waals surface area (Å²) in [5.74, 6) is -1.05. The number of alkyl halides is 3. The highest BCUT2D eigenvalue weighted by molar-refractivity contribution is 6.09. The Morgan fingerprint density at radius 1 is 1.50 bits per heavy atom. The molecule has 1 amide bonds. The molecule has 0 heterocycles. The van der Waals surface area contributed by atoms with Gasteiger partial charge < -0.3 is 15.8 Å². The van der Waals surface area contributed by atoms with E-state index in [-0.39, 0.29) is 5.84 Å². The molecule has 0 aromatic carbocycles. The van der Waals surface area contributed by atoms with Crippen LogP contribution in [0.3, 0.4) is 0 Å². The lowest BCUT2D eigenvalue weighted by atomic mass is 10.0. The zero-order valence-corrected chi connectivity index (χ0v) is 10.2. The van der Waals surface area contributed by atoms with Gasteiger partial charge in [0, 0.05) is 6.04 Å². The van der Waals surface area contributed by atoms with Crippen LogP contribution in [0.2, 0.25) is 0 Å². The second-order valence-corrected chi connectivity index (χ2v) is 4.71. The van der Waals surface area contributed by atoms with E-state index < -0.39 is 30.1 Å². The molecule has 1 aliphatic rings. The van der Waals surface area contributed by atoms with Crippen LogP contribution in [0.15, 0.2) is 5.16 Å². The molecule has 18 heavy (non-hydrogen) atoms. The van der Waals surface area contributed by atoms with Gasteiger partial charge >= 0.3 is 6.18 Å². The van der Waals surface area contributed by atoms with Gasteiger partial charge in [0.15, 0.2) is 5.84 Å². The molecule has 0 aliphatic heterocycles. The van der Waals surface area contributed by atoms with E-state index in [0.717, 1.165) is 0 Å². The van der Waals surface area contributed by atoms with Crippen molar-refractivity contribution in [1.82, 2.24) is 4.90 Å².